The molecule has 0 fully saturated rings. The van der Waals surface area contributed by atoms with Crippen molar-refractivity contribution < 1.29 is 13.2 Å². The van der Waals surface area contributed by atoms with Crippen LogP contribution in [-0.2, 0) is 10.0 Å². The molecular formula is C14H23NO3S. The standard InChI is InChI=1S/C14H23NO3S/c1-3-4-5-6-7-12-15-19(16,17)14-10-8-13(18-2)9-11-14/h8-11,15H,3-7,12H2,1-2H3. The van der Waals surface area contributed by atoms with Gasteiger partial charge >= 0.3 is 0 Å². The molecule has 0 aromatic heterocycles. The van der Waals surface area contributed by atoms with Crippen molar-refractivity contribution in [2.45, 2.75) is 43.9 Å². The third kappa shape index (κ3) is 5.61. The Morgan fingerprint density at radius 3 is 2.26 bits per heavy atom. The molecule has 0 amide bonds. The van der Waals surface area contributed by atoms with Crippen LogP contribution < -0.4 is 9.46 Å². The van der Waals surface area contributed by atoms with Gasteiger partial charge in [-0.25, -0.2) is 13.1 Å². The fourth-order valence-electron chi connectivity index (χ4n) is 1.77. The van der Waals surface area contributed by atoms with Gasteiger partial charge in [-0.1, -0.05) is 32.6 Å². The van der Waals surface area contributed by atoms with Crippen LogP contribution in [0.1, 0.15) is 39.0 Å². The Kier molecular flexibility index (Phi) is 6.87. The summed E-state index contributed by atoms with van der Waals surface area (Å²) in [6, 6.07) is 6.40. The molecule has 0 spiro atoms. The second-order valence-corrected chi connectivity index (χ2v) is 6.25. The SMILES string of the molecule is CCCCCCCNS(=O)(=O)c1ccc(OC)cc1. The highest BCUT2D eigenvalue weighted by atomic mass is 32.2. The van der Waals surface area contributed by atoms with E-state index in [1.807, 2.05) is 0 Å². The lowest BCUT2D eigenvalue weighted by Crippen LogP contribution is -2.24. The summed E-state index contributed by atoms with van der Waals surface area (Å²) in [4.78, 5) is 0.279. The van der Waals surface area contributed by atoms with E-state index < -0.39 is 10.0 Å². The Bertz CT molecular complexity index is 454. The quantitative estimate of drug-likeness (QED) is 0.710. The number of ether oxygens (including phenoxy) is 1. The zero-order valence-electron chi connectivity index (χ0n) is 11.7. The van der Waals surface area contributed by atoms with E-state index in [-0.39, 0.29) is 4.90 Å². The summed E-state index contributed by atoms with van der Waals surface area (Å²) < 4.78 is 31.6. The minimum atomic E-state index is -3.38. The lowest BCUT2D eigenvalue weighted by molar-refractivity contribution is 0.414. The molecule has 0 unspecified atom stereocenters. The van der Waals surface area contributed by atoms with Crippen molar-refractivity contribution in [1.29, 1.82) is 0 Å². The first-order valence-corrected chi connectivity index (χ1v) is 8.22. The van der Waals surface area contributed by atoms with Crippen LogP contribution in [0, 0.1) is 0 Å². The molecule has 0 radical (unpaired) electrons. The summed E-state index contributed by atoms with van der Waals surface area (Å²) in [6.45, 7) is 2.66. The molecule has 0 aliphatic heterocycles. The summed E-state index contributed by atoms with van der Waals surface area (Å²) in [5, 5.41) is 0. The molecule has 0 heterocycles. The Labute approximate surface area is 116 Å². The fourth-order valence-corrected chi connectivity index (χ4v) is 2.85. The van der Waals surface area contributed by atoms with Crippen LogP contribution in [0.5, 0.6) is 5.75 Å². The molecule has 0 atom stereocenters. The van der Waals surface area contributed by atoms with Crippen LogP contribution >= 0.6 is 0 Å². The van der Waals surface area contributed by atoms with E-state index in [4.69, 9.17) is 4.74 Å². The number of sulfonamides is 1. The molecule has 0 aliphatic carbocycles. The van der Waals surface area contributed by atoms with Gasteiger partial charge in [0.05, 0.1) is 12.0 Å². The fraction of sp³-hybridized carbons (Fsp3) is 0.571. The molecule has 1 rings (SSSR count). The first-order valence-electron chi connectivity index (χ1n) is 6.74. The van der Waals surface area contributed by atoms with Gasteiger partial charge in [0.1, 0.15) is 5.75 Å². The highest BCUT2D eigenvalue weighted by molar-refractivity contribution is 7.89. The van der Waals surface area contributed by atoms with Gasteiger partial charge < -0.3 is 4.74 Å². The summed E-state index contributed by atoms with van der Waals surface area (Å²) in [7, 11) is -1.83. The molecule has 1 aromatic carbocycles. The van der Waals surface area contributed by atoms with Crippen LogP contribution in [0.25, 0.3) is 0 Å². The Balaban J connectivity index is 2.42. The molecule has 5 heteroatoms. The van der Waals surface area contributed by atoms with Crippen LogP contribution in [0.4, 0.5) is 0 Å². The maximum absolute atomic E-state index is 12.0. The van der Waals surface area contributed by atoms with Crippen LogP contribution in [0.2, 0.25) is 0 Å². The minimum Gasteiger partial charge on any atom is -0.497 e. The van der Waals surface area contributed by atoms with Crippen molar-refractivity contribution in [2.75, 3.05) is 13.7 Å². The number of nitrogens with one attached hydrogen (secondary N) is 1. The van der Waals surface area contributed by atoms with Gasteiger partial charge in [-0.05, 0) is 30.7 Å². The lowest BCUT2D eigenvalue weighted by atomic mass is 10.2. The van der Waals surface area contributed by atoms with Gasteiger partial charge in [0, 0.05) is 6.54 Å². The van der Waals surface area contributed by atoms with Gasteiger partial charge in [-0.3, -0.25) is 0 Å². The first-order chi connectivity index (χ1) is 9.10. The largest absolute Gasteiger partial charge is 0.497 e. The maximum Gasteiger partial charge on any atom is 0.240 e. The normalized spacial score (nSPS) is 11.5. The molecule has 1 aromatic rings. The van der Waals surface area contributed by atoms with Crippen molar-refractivity contribution in [3.63, 3.8) is 0 Å². The minimum absolute atomic E-state index is 0.279. The smallest absolute Gasteiger partial charge is 0.240 e. The Hall–Kier alpha value is -1.07. The molecular weight excluding hydrogens is 262 g/mol. The lowest BCUT2D eigenvalue weighted by Gasteiger charge is -2.07. The maximum atomic E-state index is 12.0. The van der Waals surface area contributed by atoms with Gasteiger partial charge in [0.2, 0.25) is 10.0 Å². The average Bonchev–Trinajstić information content (AvgIpc) is 2.43. The molecule has 108 valence electrons. The second-order valence-electron chi connectivity index (χ2n) is 4.49. The number of benzene rings is 1. The zero-order valence-corrected chi connectivity index (χ0v) is 12.5. The number of hydrogen-bond acceptors (Lipinski definition) is 3. The topological polar surface area (TPSA) is 55.4 Å². The summed E-state index contributed by atoms with van der Waals surface area (Å²) in [5.41, 5.74) is 0. The highest BCUT2D eigenvalue weighted by Crippen LogP contribution is 2.15. The van der Waals surface area contributed by atoms with E-state index in [0.29, 0.717) is 12.3 Å². The van der Waals surface area contributed by atoms with E-state index in [1.54, 1.807) is 31.4 Å². The number of hydrogen-bond donors (Lipinski definition) is 1. The van der Waals surface area contributed by atoms with Crippen LogP contribution in [0.15, 0.2) is 29.2 Å². The predicted molar refractivity (Wildman–Crippen MR) is 76.9 cm³/mol. The number of methoxy groups -OCH3 is 1. The molecule has 0 saturated heterocycles. The third-order valence-corrected chi connectivity index (χ3v) is 4.42. The van der Waals surface area contributed by atoms with E-state index in [0.717, 1.165) is 12.8 Å². The first kappa shape index (κ1) is 16.0. The molecule has 19 heavy (non-hydrogen) atoms. The van der Waals surface area contributed by atoms with Gasteiger partial charge in [0.25, 0.3) is 0 Å². The number of rotatable bonds is 9. The molecule has 0 aliphatic rings. The summed E-state index contributed by atoms with van der Waals surface area (Å²) in [5.74, 6) is 0.651. The van der Waals surface area contributed by atoms with Crippen molar-refractivity contribution in [2.24, 2.45) is 0 Å². The monoisotopic (exact) mass is 285 g/mol. The Morgan fingerprint density at radius 1 is 1.05 bits per heavy atom. The number of unbranched alkanes of at least 4 members (excludes halogenated alkanes) is 4. The van der Waals surface area contributed by atoms with E-state index in [2.05, 4.69) is 11.6 Å². The summed E-state index contributed by atoms with van der Waals surface area (Å²) in [6.07, 6.45) is 5.53. The highest BCUT2D eigenvalue weighted by Gasteiger charge is 2.12. The third-order valence-electron chi connectivity index (χ3n) is 2.94. The van der Waals surface area contributed by atoms with Crippen LogP contribution in [0.3, 0.4) is 0 Å². The van der Waals surface area contributed by atoms with E-state index in [1.165, 1.54) is 19.3 Å². The van der Waals surface area contributed by atoms with Crippen molar-refractivity contribution in [1.82, 2.24) is 4.72 Å². The van der Waals surface area contributed by atoms with Crippen molar-refractivity contribution >= 4 is 10.0 Å². The Morgan fingerprint density at radius 2 is 1.68 bits per heavy atom. The van der Waals surface area contributed by atoms with E-state index >= 15 is 0 Å². The summed E-state index contributed by atoms with van der Waals surface area (Å²) >= 11 is 0. The van der Waals surface area contributed by atoms with Gasteiger partial charge in [-0.2, -0.15) is 0 Å². The molecule has 0 bridgehead atoms. The zero-order chi connectivity index (χ0) is 14.1. The molecule has 4 nitrogen and oxygen atoms in total. The van der Waals surface area contributed by atoms with Crippen LogP contribution in [-0.4, -0.2) is 22.1 Å². The van der Waals surface area contributed by atoms with Crippen molar-refractivity contribution in [3.8, 4) is 5.75 Å². The second kappa shape index (κ2) is 8.17. The average molecular weight is 285 g/mol. The molecule has 0 saturated carbocycles. The van der Waals surface area contributed by atoms with Gasteiger partial charge in [0.15, 0.2) is 0 Å². The predicted octanol–water partition coefficient (Wildman–Crippen LogP) is 2.94. The van der Waals surface area contributed by atoms with Crippen molar-refractivity contribution in [3.05, 3.63) is 24.3 Å². The van der Waals surface area contributed by atoms with Gasteiger partial charge in [-0.15, -0.1) is 0 Å². The van der Waals surface area contributed by atoms with E-state index in [9.17, 15) is 8.42 Å². The molecule has 1 N–H and O–H groups in total.